The van der Waals surface area contributed by atoms with Crippen LogP contribution < -0.4 is 0 Å². The van der Waals surface area contributed by atoms with Crippen LogP contribution in [0.2, 0.25) is 0 Å². The molecule has 2 aromatic rings. The number of pyridine rings is 1. The molecule has 1 unspecified atom stereocenters. The summed E-state index contributed by atoms with van der Waals surface area (Å²) in [6.45, 7) is 4.10. The van der Waals surface area contributed by atoms with Crippen LogP contribution in [0, 0.1) is 0 Å². The second kappa shape index (κ2) is 8.28. The molecule has 28 heavy (non-hydrogen) atoms. The van der Waals surface area contributed by atoms with Crippen molar-refractivity contribution in [3.8, 4) is 0 Å². The van der Waals surface area contributed by atoms with E-state index in [1.807, 2.05) is 17.0 Å². The summed E-state index contributed by atoms with van der Waals surface area (Å²) in [6, 6.07) is 6.77. The summed E-state index contributed by atoms with van der Waals surface area (Å²) in [5.74, 6) is -0.0545. The predicted molar refractivity (Wildman–Crippen MR) is 107 cm³/mol. The van der Waals surface area contributed by atoms with Crippen molar-refractivity contribution in [2.24, 2.45) is 0 Å². The quantitative estimate of drug-likeness (QED) is 0.735. The van der Waals surface area contributed by atoms with E-state index in [0.29, 0.717) is 30.3 Å². The van der Waals surface area contributed by atoms with E-state index in [4.69, 9.17) is 0 Å². The van der Waals surface area contributed by atoms with Gasteiger partial charge in [0.15, 0.2) is 0 Å². The second-order valence-electron chi connectivity index (χ2n) is 7.16. The molecule has 1 atom stereocenters. The number of carbonyl (C=O) groups excluding carboxylic acids is 1. The molecular formula is C19H24N4O3S2. The van der Waals surface area contributed by atoms with Crippen molar-refractivity contribution < 1.29 is 13.2 Å². The van der Waals surface area contributed by atoms with E-state index in [0.717, 1.165) is 26.1 Å². The lowest BCUT2D eigenvalue weighted by molar-refractivity contribution is -0.136. The van der Waals surface area contributed by atoms with Gasteiger partial charge in [-0.2, -0.15) is 4.31 Å². The normalized spacial score (nSPS) is 21.9. The van der Waals surface area contributed by atoms with Crippen LogP contribution in [0.15, 0.2) is 46.2 Å². The first-order valence-corrected chi connectivity index (χ1v) is 11.8. The molecule has 7 nitrogen and oxygen atoms in total. The Labute approximate surface area is 169 Å². The summed E-state index contributed by atoms with van der Waals surface area (Å²) in [5.41, 5.74) is 1.21. The highest BCUT2D eigenvalue weighted by Gasteiger charge is 2.41. The van der Waals surface area contributed by atoms with Gasteiger partial charge in [0.25, 0.3) is 10.0 Å². The monoisotopic (exact) mass is 420 g/mol. The summed E-state index contributed by atoms with van der Waals surface area (Å²) < 4.78 is 27.5. The van der Waals surface area contributed by atoms with Gasteiger partial charge >= 0.3 is 0 Å². The first kappa shape index (κ1) is 19.5. The average Bonchev–Trinajstić information content (AvgIpc) is 3.41. The Morgan fingerprint density at radius 3 is 2.54 bits per heavy atom. The predicted octanol–water partition coefficient (Wildman–Crippen LogP) is 1.64. The van der Waals surface area contributed by atoms with Crippen LogP contribution in [0.3, 0.4) is 0 Å². The third kappa shape index (κ3) is 3.98. The number of nitrogens with zero attached hydrogens (tertiary/aromatic N) is 4. The molecule has 2 aliphatic rings. The van der Waals surface area contributed by atoms with Gasteiger partial charge in [-0.1, -0.05) is 6.07 Å². The first-order chi connectivity index (χ1) is 13.6. The summed E-state index contributed by atoms with van der Waals surface area (Å²) in [5, 5.41) is 1.75. The molecule has 4 heterocycles. The fourth-order valence-corrected chi connectivity index (χ4v) is 6.65. The molecule has 2 aromatic heterocycles. The topological polar surface area (TPSA) is 73.8 Å². The van der Waals surface area contributed by atoms with Crippen molar-refractivity contribution in [3.63, 3.8) is 0 Å². The van der Waals surface area contributed by atoms with Gasteiger partial charge in [-0.3, -0.25) is 14.7 Å². The van der Waals surface area contributed by atoms with Gasteiger partial charge in [0.05, 0.1) is 0 Å². The van der Waals surface area contributed by atoms with Gasteiger partial charge < -0.3 is 4.90 Å². The van der Waals surface area contributed by atoms with Crippen molar-refractivity contribution in [3.05, 3.63) is 47.6 Å². The maximum atomic E-state index is 13.1. The van der Waals surface area contributed by atoms with Gasteiger partial charge in [0.2, 0.25) is 5.91 Å². The van der Waals surface area contributed by atoms with Crippen LogP contribution in [0.4, 0.5) is 0 Å². The number of thiophene rings is 1. The molecular weight excluding hydrogens is 396 g/mol. The number of aromatic nitrogens is 1. The van der Waals surface area contributed by atoms with E-state index in [9.17, 15) is 13.2 Å². The molecule has 1 amide bonds. The summed E-state index contributed by atoms with van der Waals surface area (Å²) in [7, 11) is -3.59. The lowest BCUT2D eigenvalue weighted by Gasteiger charge is -2.37. The van der Waals surface area contributed by atoms with Crippen LogP contribution in [0.5, 0.6) is 0 Å². The molecule has 0 saturated carbocycles. The maximum Gasteiger partial charge on any atom is 0.253 e. The second-order valence-corrected chi connectivity index (χ2v) is 10.2. The Bertz CT molecular complexity index is 895. The molecule has 9 heteroatoms. The summed E-state index contributed by atoms with van der Waals surface area (Å²) >= 11 is 1.20. The Morgan fingerprint density at radius 1 is 1.11 bits per heavy atom. The van der Waals surface area contributed by atoms with Crippen LogP contribution in [0.25, 0.3) is 0 Å². The van der Waals surface area contributed by atoms with E-state index < -0.39 is 16.1 Å². The maximum absolute atomic E-state index is 13.1. The fraction of sp³-hybridized carbons (Fsp3) is 0.474. The number of rotatable bonds is 5. The van der Waals surface area contributed by atoms with Crippen molar-refractivity contribution in [1.29, 1.82) is 0 Å². The standard InChI is InChI=1S/C19H24N4O3S2/c24-19(17-3-1-9-23(17)28(25,26)18-4-2-14-27-18)22-12-10-21(11-13-22)15-16-5-7-20-8-6-16/h2,4-8,14,17H,1,3,9-13,15H2. The Morgan fingerprint density at radius 2 is 1.86 bits per heavy atom. The van der Waals surface area contributed by atoms with Crippen molar-refractivity contribution in [2.75, 3.05) is 32.7 Å². The summed E-state index contributed by atoms with van der Waals surface area (Å²) in [4.78, 5) is 21.3. The molecule has 0 radical (unpaired) electrons. The first-order valence-electron chi connectivity index (χ1n) is 9.51. The van der Waals surface area contributed by atoms with E-state index in [2.05, 4.69) is 9.88 Å². The minimum atomic E-state index is -3.59. The van der Waals surface area contributed by atoms with Gasteiger partial charge in [0.1, 0.15) is 10.3 Å². The highest BCUT2D eigenvalue weighted by atomic mass is 32.2. The van der Waals surface area contributed by atoms with Gasteiger partial charge in [-0.05, 0) is 42.0 Å². The Balaban J connectivity index is 1.38. The molecule has 2 fully saturated rings. The zero-order valence-corrected chi connectivity index (χ0v) is 17.2. The number of hydrogen-bond acceptors (Lipinski definition) is 6. The highest BCUT2D eigenvalue weighted by molar-refractivity contribution is 7.91. The molecule has 2 saturated heterocycles. The smallest absolute Gasteiger partial charge is 0.253 e. The van der Waals surface area contributed by atoms with Crippen LogP contribution >= 0.6 is 11.3 Å². The molecule has 2 aliphatic heterocycles. The lowest BCUT2D eigenvalue weighted by Crippen LogP contribution is -2.54. The van der Waals surface area contributed by atoms with E-state index in [1.165, 1.54) is 21.2 Å². The van der Waals surface area contributed by atoms with Gasteiger partial charge in [-0.25, -0.2) is 8.42 Å². The fourth-order valence-electron chi connectivity index (χ4n) is 3.88. The van der Waals surface area contributed by atoms with E-state index in [1.54, 1.807) is 29.9 Å². The van der Waals surface area contributed by atoms with E-state index in [-0.39, 0.29) is 5.91 Å². The molecule has 0 bridgehead atoms. The average molecular weight is 421 g/mol. The molecule has 4 rings (SSSR count). The number of sulfonamides is 1. The molecule has 0 aliphatic carbocycles. The van der Waals surface area contributed by atoms with Gasteiger partial charge in [0, 0.05) is 51.7 Å². The molecule has 0 N–H and O–H groups in total. The van der Waals surface area contributed by atoms with Crippen molar-refractivity contribution in [2.45, 2.75) is 29.6 Å². The SMILES string of the molecule is O=C(C1CCCN1S(=O)(=O)c1cccs1)N1CCN(Cc2ccncc2)CC1. The number of amides is 1. The number of piperazine rings is 1. The third-order valence-corrected chi connectivity index (χ3v) is 8.67. The number of hydrogen-bond donors (Lipinski definition) is 0. The van der Waals surface area contributed by atoms with Crippen LogP contribution in [-0.4, -0.2) is 72.2 Å². The third-order valence-electron chi connectivity index (χ3n) is 5.39. The van der Waals surface area contributed by atoms with Crippen molar-refractivity contribution >= 4 is 27.3 Å². The summed E-state index contributed by atoms with van der Waals surface area (Å²) in [6.07, 6.45) is 4.90. The van der Waals surface area contributed by atoms with Crippen molar-refractivity contribution in [1.82, 2.24) is 19.1 Å². The highest BCUT2D eigenvalue weighted by Crippen LogP contribution is 2.29. The largest absolute Gasteiger partial charge is 0.339 e. The zero-order valence-electron chi connectivity index (χ0n) is 15.6. The lowest BCUT2D eigenvalue weighted by atomic mass is 10.1. The minimum absolute atomic E-state index is 0.0545. The molecule has 0 aromatic carbocycles. The Kier molecular flexibility index (Phi) is 5.77. The van der Waals surface area contributed by atoms with Crippen LogP contribution in [-0.2, 0) is 21.4 Å². The number of carbonyl (C=O) groups is 1. The molecule has 0 spiro atoms. The van der Waals surface area contributed by atoms with Gasteiger partial charge in [-0.15, -0.1) is 11.3 Å². The Hall–Kier alpha value is -1.81. The van der Waals surface area contributed by atoms with E-state index >= 15 is 0 Å². The van der Waals surface area contributed by atoms with Crippen LogP contribution in [0.1, 0.15) is 18.4 Å². The minimum Gasteiger partial charge on any atom is -0.339 e. The molecule has 150 valence electrons. The zero-order chi connectivity index (χ0) is 19.6.